The van der Waals surface area contributed by atoms with Gasteiger partial charge in [-0.25, -0.2) is 4.39 Å². The largest absolute Gasteiger partial charge is 0.322 e. The smallest absolute Gasteiger partial charge is 0.148 e. The van der Waals surface area contributed by atoms with Crippen molar-refractivity contribution in [3.8, 4) is 10.6 Å². The molecule has 0 aliphatic rings. The molecule has 0 spiro atoms. The van der Waals surface area contributed by atoms with Gasteiger partial charge in [0.1, 0.15) is 15.8 Å². The zero-order valence-corrected chi connectivity index (χ0v) is 11.6. The number of benzene rings is 1. The normalized spacial score (nSPS) is 12.7. The highest BCUT2D eigenvalue weighted by molar-refractivity contribution is 9.10. The molecule has 90 valence electrons. The number of hydrogen-bond donors (Lipinski definition) is 1. The third-order valence-electron chi connectivity index (χ3n) is 2.36. The van der Waals surface area contributed by atoms with Crippen molar-refractivity contribution >= 4 is 27.3 Å². The van der Waals surface area contributed by atoms with Crippen LogP contribution in [0.3, 0.4) is 0 Å². The molecule has 0 saturated carbocycles. The summed E-state index contributed by atoms with van der Waals surface area (Å²) in [6, 6.07) is 4.42. The van der Waals surface area contributed by atoms with Crippen molar-refractivity contribution in [1.29, 1.82) is 0 Å². The Bertz CT molecular complexity index is 529. The van der Waals surface area contributed by atoms with Gasteiger partial charge in [-0.1, -0.05) is 18.3 Å². The zero-order chi connectivity index (χ0) is 12.4. The van der Waals surface area contributed by atoms with E-state index in [0.29, 0.717) is 4.47 Å². The molecule has 2 N–H and O–H groups in total. The molecule has 0 bridgehead atoms. The Kier molecular flexibility index (Phi) is 3.86. The van der Waals surface area contributed by atoms with Crippen LogP contribution < -0.4 is 5.73 Å². The molecule has 0 aliphatic heterocycles. The Morgan fingerprint density at radius 3 is 2.88 bits per heavy atom. The fraction of sp³-hybridized carbons (Fsp3) is 0.273. The van der Waals surface area contributed by atoms with E-state index in [-0.39, 0.29) is 11.9 Å². The monoisotopic (exact) mass is 315 g/mol. The van der Waals surface area contributed by atoms with Crippen LogP contribution in [0.4, 0.5) is 4.39 Å². The molecular weight excluding hydrogens is 305 g/mol. The highest BCUT2D eigenvalue weighted by atomic mass is 79.9. The van der Waals surface area contributed by atoms with Gasteiger partial charge in [0.2, 0.25) is 0 Å². The number of nitrogens with zero attached hydrogens (tertiary/aromatic N) is 2. The lowest BCUT2D eigenvalue weighted by atomic mass is 10.2. The Morgan fingerprint density at radius 2 is 2.24 bits per heavy atom. The average Bonchev–Trinajstić information content (AvgIpc) is 2.77. The van der Waals surface area contributed by atoms with Gasteiger partial charge in [0.05, 0.1) is 6.04 Å². The summed E-state index contributed by atoms with van der Waals surface area (Å²) in [5, 5.41) is 9.69. The van der Waals surface area contributed by atoms with Gasteiger partial charge < -0.3 is 5.73 Å². The first kappa shape index (κ1) is 12.6. The zero-order valence-electron chi connectivity index (χ0n) is 9.15. The minimum absolute atomic E-state index is 0.0829. The predicted molar refractivity (Wildman–Crippen MR) is 70.2 cm³/mol. The maximum absolute atomic E-state index is 13.0. The summed E-state index contributed by atoms with van der Waals surface area (Å²) in [7, 11) is 0. The molecule has 1 aromatic carbocycles. The Balaban J connectivity index is 2.37. The van der Waals surface area contributed by atoms with E-state index in [0.717, 1.165) is 22.0 Å². The van der Waals surface area contributed by atoms with Crippen LogP contribution in [-0.2, 0) is 0 Å². The minimum atomic E-state index is -0.282. The fourth-order valence-corrected chi connectivity index (χ4v) is 2.97. The van der Waals surface area contributed by atoms with Crippen LogP contribution >= 0.6 is 27.3 Å². The van der Waals surface area contributed by atoms with Crippen LogP contribution in [0.25, 0.3) is 10.6 Å². The van der Waals surface area contributed by atoms with E-state index in [4.69, 9.17) is 5.73 Å². The quantitative estimate of drug-likeness (QED) is 0.942. The SMILES string of the molecule is CCC(N)c1nnc(-c2ccc(F)cc2Br)s1. The molecule has 2 rings (SSSR count). The van der Waals surface area contributed by atoms with Gasteiger partial charge in [-0.3, -0.25) is 0 Å². The second-order valence-electron chi connectivity index (χ2n) is 3.58. The van der Waals surface area contributed by atoms with Crippen LogP contribution in [-0.4, -0.2) is 10.2 Å². The second-order valence-corrected chi connectivity index (χ2v) is 5.45. The summed E-state index contributed by atoms with van der Waals surface area (Å²) in [5.74, 6) is -0.282. The van der Waals surface area contributed by atoms with Gasteiger partial charge >= 0.3 is 0 Å². The van der Waals surface area contributed by atoms with Crippen LogP contribution in [0.2, 0.25) is 0 Å². The lowest BCUT2D eigenvalue weighted by molar-refractivity contribution is 0.627. The Labute approximate surface area is 111 Å². The van der Waals surface area contributed by atoms with E-state index in [2.05, 4.69) is 26.1 Å². The maximum Gasteiger partial charge on any atom is 0.148 e. The highest BCUT2D eigenvalue weighted by Crippen LogP contribution is 2.32. The molecule has 2 aromatic rings. The number of hydrogen-bond acceptors (Lipinski definition) is 4. The van der Waals surface area contributed by atoms with Crippen LogP contribution in [0, 0.1) is 5.82 Å². The first-order valence-electron chi connectivity index (χ1n) is 5.16. The first-order chi connectivity index (χ1) is 8.11. The summed E-state index contributed by atoms with van der Waals surface area (Å²) >= 11 is 4.75. The van der Waals surface area contributed by atoms with Gasteiger partial charge in [0.15, 0.2) is 0 Å². The van der Waals surface area contributed by atoms with Gasteiger partial charge in [-0.05, 0) is 40.5 Å². The maximum atomic E-state index is 13.0. The summed E-state index contributed by atoms with van der Waals surface area (Å²) in [4.78, 5) is 0. The number of nitrogens with two attached hydrogens (primary N) is 1. The summed E-state index contributed by atoms with van der Waals surface area (Å²) in [5.41, 5.74) is 6.72. The molecule has 3 nitrogen and oxygen atoms in total. The van der Waals surface area contributed by atoms with Gasteiger partial charge in [0, 0.05) is 10.0 Å². The average molecular weight is 316 g/mol. The molecule has 1 atom stereocenters. The topological polar surface area (TPSA) is 51.8 Å². The van der Waals surface area contributed by atoms with Gasteiger partial charge in [0.25, 0.3) is 0 Å². The van der Waals surface area contributed by atoms with Crippen molar-refractivity contribution in [3.63, 3.8) is 0 Å². The fourth-order valence-electron chi connectivity index (χ4n) is 1.33. The second kappa shape index (κ2) is 5.20. The molecule has 6 heteroatoms. The third-order valence-corrected chi connectivity index (χ3v) is 4.10. The van der Waals surface area contributed by atoms with Crippen molar-refractivity contribution < 1.29 is 4.39 Å². The number of aromatic nitrogens is 2. The number of halogens is 2. The van der Waals surface area contributed by atoms with Crippen molar-refractivity contribution in [3.05, 3.63) is 33.5 Å². The highest BCUT2D eigenvalue weighted by Gasteiger charge is 2.13. The van der Waals surface area contributed by atoms with Crippen molar-refractivity contribution in [2.75, 3.05) is 0 Å². The van der Waals surface area contributed by atoms with Crippen molar-refractivity contribution in [1.82, 2.24) is 10.2 Å². The summed E-state index contributed by atoms with van der Waals surface area (Å²) in [6.45, 7) is 2.00. The Hall–Kier alpha value is -0.850. The van der Waals surface area contributed by atoms with Crippen LogP contribution in [0.15, 0.2) is 22.7 Å². The van der Waals surface area contributed by atoms with E-state index in [9.17, 15) is 4.39 Å². The number of rotatable bonds is 3. The molecule has 1 aromatic heterocycles. The summed E-state index contributed by atoms with van der Waals surface area (Å²) < 4.78 is 13.6. The lowest BCUT2D eigenvalue weighted by Gasteiger charge is -2.01. The molecule has 0 amide bonds. The van der Waals surface area contributed by atoms with Crippen LogP contribution in [0.5, 0.6) is 0 Å². The van der Waals surface area contributed by atoms with Crippen molar-refractivity contribution in [2.24, 2.45) is 5.73 Å². The van der Waals surface area contributed by atoms with Gasteiger partial charge in [-0.2, -0.15) is 0 Å². The minimum Gasteiger partial charge on any atom is -0.322 e. The van der Waals surface area contributed by atoms with Crippen molar-refractivity contribution in [2.45, 2.75) is 19.4 Å². The first-order valence-corrected chi connectivity index (χ1v) is 6.77. The molecule has 0 radical (unpaired) electrons. The van der Waals surface area contributed by atoms with Gasteiger partial charge in [-0.15, -0.1) is 10.2 Å². The molecule has 0 fully saturated rings. The van der Waals surface area contributed by atoms with E-state index >= 15 is 0 Å². The third kappa shape index (κ3) is 2.70. The molecule has 1 heterocycles. The van der Waals surface area contributed by atoms with Crippen LogP contribution in [0.1, 0.15) is 24.4 Å². The molecule has 0 saturated heterocycles. The predicted octanol–water partition coefficient (Wildman–Crippen LogP) is 3.52. The summed E-state index contributed by atoms with van der Waals surface area (Å²) in [6.07, 6.45) is 0.819. The molecular formula is C11H11BrFN3S. The van der Waals surface area contributed by atoms with E-state index in [1.165, 1.54) is 23.5 Å². The van der Waals surface area contributed by atoms with E-state index < -0.39 is 0 Å². The van der Waals surface area contributed by atoms with E-state index in [1.807, 2.05) is 6.92 Å². The standard InChI is InChI=1S/C11H11BrFN3S/c1-2-9(14)11-16-15-10(17-11)7-4-3-6(13)5-8(7)12/h3-5,9H,2,14H2,1H3. The van der Waals surface area contributed by atoms with E-state index in [1.54, 1.807) is 6.07 Å². The molecule has 17 heavy (non-hydrogen) atoms. The lowest BCUT2D eigenvalue weighted by Crippen LogP contribution is -2.07. The Morgan fingerprint density at radius 1 is 1.47 bits per heavy atom. The molecule has 0 aliphatic carbocycles. The molecule has 1 unspecified atom stereocenters.